The smallest absolute Gasteiger partial charge is 0.274 e. The van der Waals surface area contributed by atoms with E-state index in [-0.39, 0.29) is 23.8 Å². The van der Waals surface area contributed by atoms with E-state index in [2.05, 4.69) is 22.4 Å². The van der Waals surface area contributed by atoms with Gasteiger partial charge < -0.3 is 24.3 Å². The molecule has 2 amide bonds. The Morgan fingerprint density at radius 1 is 1.08 bits per heavy atom. The number of rotatable bonds is 7. The molecule has 8 nitrogen and oxygen atoms in total. The van der Waals surface area contributed by atoms with E-state index in [9.17, 15) is 9.59 Å². The van der Waals surface area contributed by atoms with E-state index in [1.807, 2.05) is 51.9 Å². The summed E-state index contributed by atoms with van der Waals surface area (Å²) in [5.74, 6) is 0.738. The standard InChI is InChI=1S/C28H32N4O4/c1-35-23-9-7-21(8-10-23)25-17-32-19-30-26(24(32)18-36-25)28(34)31-15-12-22(13-16-31)27(33)29-14-11-20-5-3-2-4-6-20/h2-10,19,22,25H,11-18H2,1H3,(H,29,33). The molecule has 2 aliphatic heterocycles. The number of benzene rings is 2. The number of methoxy groups -OCH3 is 1. The average molecular weight is 489 g/mol. The molecule has 1 aromatic heterocycles. The number of ether oxygens (including phenoxy) is 2. The van der Waals surface area contributed by atoms with E-state index in [4.69, 9.17) is 9.47 Å². The van der Waals surface area contributed by atoms with Gasteiger partial charge in [0.1, 0.15) is 11.9 Å². The number of likely N-dealkylation sites (tertiary alicyclic amines) is 1. The summed E-state index contributed by atoms with van der Waals surface area (Å²) in [5, 5.41) is 3.06. The van der Waals surface area contributed by atoms with Gasteiger partial charge in [-0.3, -0.25) is 9.59 Å². The first kappa shape index (κ1) is 24.1. The number of nitrogens with one attached hydrogen (secondary N) is 1. The van der Waals surface area contributed by atoms with Gasteiger partial charge in [0.2, 0.25) is 5.91 Å². The van der Waals surface area contributed by atoms with Crippen molar-refractivity contribution in [3.63, 3.8) is 0 Å². The Kier molecular flexibility index (Phi) is 7.32. The lowest BCUT2D eigenvalue weighted by Gasteiger charge is -2.31. The van der Waals surface area contributed by atoms with Crippen LogP contribution in [0.15, 0.2) is 60.9 Å². The predicted octanol–water partition coefficient (Wildman–Crippen LogP) is 3.37. The SMILES string of the molecule is COc1ccc(C2Cn3cnc(C(=O)N4CCC(C(=O)NCCc5ccccc5)CC4)c3CO2)cc1. The highest BCUT2D eigenvalue weighted by Gasteiger charge is 2.32. The van der Waals surface area contributed by atoms with E-state index >= 15 is 0 Å². The lowest BCUT2D eigenvalue weighted by molar-refractivity contribution is -0.126. The van der Waals surface area contributed by atoms with Crippen LogP contribution in [0.2, 0.25) is 0 Å². The van der Waals surface area contributed by atoms with Gasteiger partial charge in [-0.05, 0) is 42.5 Å². The monoisotopic (exact) mass is 488 g/mol. The maximum atomic E-state index is 13.2. The normalized spacial score (nSPS) is 17.9. The van der Waals surface area contributed by atoms with Crippen LogP contribution in [0.1, 0.15) is 46.3 Å². The maximum Gasteiger partial charge on any atom is 0.274 e. The summed E-state index contributed by atoms with van der Waals surface area (Å²) in [4.78, 5) is 32.1. The van der Waals surface area contributed by atoms with Crippen molar-refractivity contribution in [2.24, 2.45) is 5.92 Å². The van der Waals surface area contributed by atoms with Crippen LogP contribution in [0.25, 0.3) is 0 Å². The molecule has 2 aromatic carbocycles. The molecule has 1 saturated heterocycles. The Hall–Kier alpha value is -3.65. The summed E-state index contributed by atoms with van der Waals surface area (Å²) >= 11 is 0. The van der Waals surface area contributed by atoms with Gasteiger partial charge in [-0.25, -0.2) is 4.98 Å². The van der Waals surface area contributed by atoms with E-state index in [0.29, 0.717) is 51.3 Å². The lowest BCUT2D eigenvalue weighted by atomic mass is 9.95. The Balaban J connectivity index is 1.12. The second-order valence-electron chi connectivity index (χ2n) is 9.36. The highest BCUT2D eigenvalue weighted by atomic mass is 16.5. The molecular weight excluding hydrogens is 456 g/mol. The first-order valence-corrected chi connectivity index (χ1v) is 12.5. The molecule has 1 atom stereocenters. The van der Waals surface area contributed by atoms with Crippen LogP contribution >= 0.6 is 0 Å². The van der Waals surface area contributed by atoms with Gasteiger partial charge in [0, 0.05) is 25.6 Å². The minimum atomic E-state index is -0.100. The van der Waals surface area contributed by atoms with Crippen LogP contribution in [0.3, 0.4) is 0 Å². The molecule has 0 saturated carbocycles. The molecule has 0 spiro atoms. The van der Waals surface area contributed by atoms with Crippen LogP contribution in [0.4, 0.5) is 0 Å². The Morgan fingerprint density at radius 2 is 1.83 bits per heavy atom. The Bertz CT molecular complexity index is 1180. The molecule has 3 heterocycles. The summed E-state index contributed by atoms with van der Waals surface area (Å²) in [6, 6.07) is 18.0. The fourth-order valence-electron chi connectivity index (χ4n) is 4.94. The van der Waals surface area contributed by atoms with E-state index in [1.165, 1.54) is 5.56 Å². The number of hydrogen-bond acceptors (Lipinski definition) is 5. The summed E-state index contributed by atoms with van der Waals surface area (Å²) in [5.41, 5.74) is 3.53. The number of imidazole rings is 1. The topological polar surface area (TPSA) is 85.7 Å². The Labute approximate surface area is 211 Å². The van der Waals surface area contributed by atoms with Crippen molar-refractivity contribution in [1.29, 1.82) is 0 Å². The fraction of sp³-hybridized carbons (Fsp3) is 0.393. The van der Waals surface area contributed by atoms with Crippen molar-refractivity contribution in [2.45, 2.75) is 38.5 Å². The van der Waals surface area contributed by atoms with Crippen molar-refractivity contribution >= 4 is 11.8 Å². The number of amides is 2. The largest absolute Gasteiger partial charge is 0.497 e. The van der Waals surface area contributed by atoms with Crippen molar-refractivity contribution in [3.8, 4) is 5.75 Å². The molecule has 36 heavy (non-hydrogen) atoms. The maximum absolute atomic E-state index is 13.2. The fourth-order valence-corrected chi connectivity index (χ4v) is 4.94. The summed E-state index contributed by atoms with van der Waals surface area (Å²) in [6.07, 6.45) is 3.77. The molecule has 1 N–H and O–H groups in total. The van der Waals surface area contributed by atoms with Gasteiger partial charge in [0.15, 0.2) is 5.69 Å². The molecule has 0 radical (unpaired) electrons. The van der Waals surface area contributed by atoms with Crippen molar-refractivity contribution in [3.05, 3.63) is 83.4 Å². The van der Waals surface area contributed by atoms with Gasteiger partial charge in [-0.2, -0.15) is 0 Å². The van der Waals surface area contributed by atoms with Crippen LogP contribution in [0.5, 0.6) is 5.75 Å². The molecule has 8 heteroatoms. The third kappa shape index (κ3) is 5.28. The average Bonchev–Trinajstić information content (AvgIpc) is 3.36. The van der Waals surface area contributed by atoms with Crippen molar-refractivity contribution < 1.29 is 19.1 Å². The first-order chi connectivity index (χ1) is 17.6. The van der Waals surface area contributed by atoms with E-state index < -0.39 is 0 Å². The van der Waals surface area contributed by atoms with E-state index in [0.717, 1.165) is 23.4 Å². The first-order valence-electron chi connectivity index (χ1n) is 12.5. The highest BCUT2D eigenvalue weighted by molar-refractivity contribution is 5.93. The molecule has 2 aliphatic rings. The second kappa shape index (κ2) is 11.0. The van der Waals surface area contributed by atoms with E-state index in [1.54, 1.807) is 13.4 Å². The molecule has 5 rings (SSSR count). The molecule has 1 fully saturated rings. The van der Waals surface area contributed by atoms with Gasteiger partial charge in [-0.1, -0.05) is 42.5 Å². The summed E-state index contributed by atoms with van der Waals surface area (Å²) in [6.45, 7) is 2.67. The molecule has 1 unspecified atom stereocenters. The van der Waals surface area contributed by atoms with Crippen molar-refractivity contribution in [2.75, 3.05) is 26.7 Å². The Morgan fingerprint density at radius 3 is 2.56 bits per heavy atom. The highest BCUT2D eigenvalue weighted by Crippen LogP contribution is 2.30. The number of carbonyl (C=O) groups is 2. The molecular formula is C28H32N4O4. The van der Waals surface area contributed by atoms with Crippen LogP contribution in [-0.2, 0) is 29.1 Å². The number of aromatic nitrogens is 2. The number of piperidine rings is 1. The van der Waals surface area contributed by atoms with Crippen LogP contribution in [0, 0.1) is 5.92 Å². The second-order valence-corrected chi connectivity index (χ2v) is 9.36. The minimum absolute atomic E-state index is 0.0608. The van der Waals surface area contributed by atoms with Gasteiger partial charge in [0.25, 0.3) is 5.91 Å². The third-order valence-electron chi connectivity index (χ3n) is 7.13. The molecule has 188 valence electrons. The summed E-state index contributed by atoms with van der Waals surface area (Å²) < 4.78 is 13.3. The van der Waals surface area contributed by atoms with Gasteiger partial charge >= 0.3 is 0 Å². The number of fused-ring (bicyclic) bond motifs is 1. The van der Waals surface area contributed by atoms with Crippen LogP contribution in [-0.4, -0.2) is 53.0 Å². The summed E-state index contributed by atoms with van der Waals surface area (Å²) in [7, 11) is 1.65. The number of carbonyl (C=O) groups excluding carboxylic acids is 2. The molecule has 3 aromatic rings. The lowest BCUT2D eigenvalue weighted by Crippen LogP contribution is -2.43. The third-order valence-corrected chi connectivity index (χ3v) is 7.13. The zero-order chi connectivity index (χ0) is 24.9. The predicted molar refractivity (Wildman–Crippen MR) is 135 cm³/mol. The minimum Gasteiger partial charge on any atom is -0.497 e. The number of nitrogens with zero attached hydrogens (tertiary/aromatic N) is 3. The number of hydrogen-bond donors (Lipinski definition) is 1. The van der Waals surface area contributed by atoms with Gasteiger partial charge in [-0.15, -0.1) is 0 Å². The quantitative estimate of drug-likeness (QED) is 0.551. The van der Waals surface area contributed by atoms with Crippen molar-refractivity contribution in [1.82, 2.24) is 19.8 Å². The molecule has 0 aliphatic carbocycles. The molecule has 0 bridgehead atoms. The van der Waals surface area contributed by atoms with Crippen LogP contribution < -0.4 is 10.1 Å². The zero-order valence-electron chi connectivity index (χ0n) is 20.6. The van der Waals surface area contributed by atoms with Gasteiger partial charge in [0.05, 0.1) is 32.3 Å². The zero-order valence-corrected chi connectivity index (χ0v) is 20.6.